The fourth-order valence-electron chi connectivity index (χ4n) is 2.94. The van der Waals surface area contributed by atoms with Crippen LogP contribution in [0.25, 0.3) is 0 Å². The first kappa shape index (κ1) is 19.7. The van der Waals surface area contributed by atoms with E-state index in [9.17, 15) is 9.59 Å². The molecular formula is C22H21ClN2O3. The molecule has 3 rings (SSSR count). The molecule has 0 spiro atoms. The Labute approximate surface area is 168 Å². The maximum atomic E-state index is 13.1. The SMILES string of the molecule is CN(Cc1cccc(Cl)c1)C(=O)C(Cc1ccccc1)NC(=O)c1ccco1. The minimum absolute atomic E-state index is 0.170. The molecular weight excluding hydrogens is 376 g/mol. The summed E-state index contributed by atoms with van der Waals surface area (Å²) in [7, 11) is 1.71. The van der Waals surface area contributed by atoms with E-state index in [1.54, 1.807) is 30.1 Å². The Morgan fingerprint density at radius 3 is 2.46 bits per heavy atom. The molecule has 0 bridgehead atoms. The molecule has 1 aromatic heterocycles. The van der Waals surface area contributed by atoms with Crippen molar-refractivity contribution >= 4 is 23.4 Å². The molecule has 1 N–H and O–H groups in total. The summed E-state index contributed by atoms with van der Waals surface area (Å²) in [6.07, 6.45) is 1.81. The van der Waals surface area contributed by atoms with Gasteiger partial charge in [0.1, 0.15) is 6.04 Å². The maximum Gasteiger partial charge on any atom is 0.287 e. The lowest BCUT2D eigenvalue weighted by Gasteiger charge is -2.25. The van der Waals surface area contributed by atoms with E-state index >= 15 is 0 Å². The van der Waals surface area contributed by atoms with Crippen LogP contribution >= 0.6 is 11.6 Å². The van der Waals surface area contributed by atoms with Crippen LogP contribution in [-0.2, 0) is 17.8 Å². The van der Waals surface area contributed by atoms with Crippen LogP contribution in [0.2, 0.25) is 5.02 Å². The number of hydrogen-bond donors (Lipinski definition) is 1. The topological polar surface area (TPSA) is 62.6 Å². The van der Waals surface area contributed by atoms with Gasteiger partial charge in [0.05, 0.1) is 6.26 Å². The summed E-state index contributed by atoms with van der Waals surface area (Å²) in [5, 5.41) is 3.41. The molecule has 0 saturated carbocycles. The van der Waals surface area contributed by atoms with E-state index in [1.165, 1.54) is 6.26 Å². The van der Waals surface area contributed by atoms with Gasteiger partial charge in [0.25, 0.3) is 5.91 Å². The summed E-state index contributed by atoms with van der Waals surface area (Å²) < 4.78 is 5.14. The molecule has 1 atom stereocenters. The van der Waals surface area contributed by atoms with Crippen molar-refractivity contribution in [2.45, 2.75) is 19.0 Å². The zero-order valence-electron chi connectivity index (χ0n) is 15.5. The van der Waals surface area contributed by atoms with Crippen molar-refractivity contribution in [1.29, 1.82) is 0 Å². The zero-order chi connectivity index (χ0) is 19.9. The molecule has 28 heavy (non-hydrogen) atoms. The van der Waals surface area contributed by atoms with Gasteiger partial charge in [0, 0.05) is 25.0 Å². The monoisotopic (exact) mass is 396 g/mol. The Kier molecular flexibility index (Phi) is 6.50. The number of hydrogen-bond acceptors (Lipinski definition) is 3. The minimum Gasteiger partial charge on any atom is -0.459 e. The summed E-state index contributed by atoms with van der Waals surface area (Å²) in [6, 6.07) is 19.4. The predicted molar refractivity (Wildman–Crippen MR) is 108 cm³/mol. The standard InChI is InChI=1S/C22H21ClN2O3/c1-25(15-17-9-5-10-18(23)13-17)22(27)19(14-16-7-3-2-4-8-16)24-21(26)20-11-6-12-28-20/h2-13,19H,14-15H2,1H3,(H,24,26). The van der Waals surface area contributed by atoms with Crippen LogP contribution in [0, 0.1) is 0 Å². The van der Waals surface area contributed by atoms with Crippen LogP contribution in [0.5, 0.6) is 0 Å². The van der Waals surface area contributed by atoms with Crippen molar-refractivity contribution in [2.24, 2.45) is 0 Å². The van der Waals surface area contributed by atoms with E-state index < -0.39 is 11.9 Å². The second-order valence-corrected chi connectivity index (χ2v) is 6.95. The molecule has 144 valence electrons. The van der Waals surface area contributed by atoms with Crippen LogP contribution in [-0.4, -0.2) is 29.8 Å². The van der Waals surface area contributed by atoms with Crippen molar-refractivity contribution in [3.8, 4) is 0 Å². The van der Waals surface area contributed by atoms with Crippen molar-refractivity contribution in [3.63, 3.8) is 0 Å². The largest absolute Gasteiger partial charge is 0.459 e. The number of carbonyl (C=O) groups is 2. The van der Waals surface area contributed by atoms with Crippen molar-refractivity contribution in [1.82, 2.24) is 10.2 Å². The molecule has 0 aliphatic carbocycles. The minimum atomic E-state index is -0.718. The Bertz CT molecular complexity index is 926. The molecule has 2 amide bonds. The van der Waals surface area contributed by atoms with Crippen molar-refractivity contribution < 1.29 is 14.0 Å². The number of benzene rings is 2. The molecule has 0 aliphatic rings. The fourth-order valence-corrected chi connectivity index (χ4v) is 3.15. The first-order valence-corrected chi connectivity index (χ1v) is 9.28. The first-order valence-electron chi connectivity index (χ1n) is 8.90. The number of nitrogens with zero attached hydrogens (tertiary/aromatic N) is 1. The lowest BCUT2D eigenvalue weighted by Crippen LogP contribution is -2.48. The average molecular weight is 397 g/mol. The molecule has 0 fully saturated rings. The molecule has 1 heterocycles. The van der Waals surface area contributed by atoms with E-state index in [-0.39, 0.29) is 11.7 Å². The lowest BCUT2D eigenvalue weighted by molar-refractivity contribution is -0.132. The Hall–Kier alpha value is -3.05. The van der Waals surface area contributed by atoms with E-state index in [0.29, 0.717) is 18.0 Å². The third kappa shape index (κ3) is 5.24. The van der Waals surface area contributed by atoms with Gasteiger partial charge in [0.2, 0.25) is 5.91 Å². The average Bonchev–Trinajstić information content (AvgIpc) is 3.22. The summed E-state index contributed by atoms with van der Waals surface area (Å²) in [6.45, 7) is 0.390. The lowest BCUT2D eigenvalue weighted by atomic mass is 10.0. The van der Waals surface area contributed by atoms with Gasteiger partial charge in [-0.05, 0) is 35.4 Å². The van der Waals surface area contributed by atoms with Gasteiger partial charge in [-0.3, -0.25) is 9.59 Å². The van der Waals surface area contributed by atoms with Crippen LogP contribution in [0.15, 0.2) is 77.4 Å². The molecule has 0 saturated heterocycles. The highest BCUT2D eigenvalue weighted by Crippen LogP contribution is 2.14. The third-order valence-corrected chi connectivity index (χ3v) is 4.55. The number of carbonyl (C=O) groups excluding carboxylic acids is 2. The van der Waals surface area contributed by atoms with Crippen molar-refractivity contribution in [3.05, 3.63) is 94.9 Å². The highest BCUT2D eigenvalue weighted by molar-refractivity contribution is 6.30. The van der Waals surface area contributed by atoms with Gasteiger partial charge < -0.3 is 14.6 Å². The number of likely N-dealkylation sites (N-methyl/N-ethyl adjacent to an activating group) is 1. The van der Waals surface area contributed by atoms with Gasteiger partial charge in [-0.2, -0.15) is 0 Å². The summed E-state index contributed by atoms with van der Waals surface area (Å²) in [5.41, 5.74) is 1.87. The second-order valence-electron chi connectivity index (χ2n) is 6.52. The van der Waals surface area contributed by atoms with Crippen molar-refractivity contribution in [2.75, 3.05) is 7.05 Å². The van der Waals surface area contributed by atoms with Gasteiger partial charge in [-0.15, -0.1) is 0 Å². The molecule has 2 aromatic carbocycles. The highest BCUT2D eigenvalue weighted by atomic mass is 35.5. The number of halogens is 1. The summed E-state index contributed by atoms with van der Waals surface area (Å²) >= 11 is 6.03. The normalized spacial score (nSPS) is 11.6. The zero-order valence-corrected chi connectivity index (χ0v) is 16.2. The van der Waals surface area contributed by atoms with E-state index in [1.807, 2.05) is 48.5 Å². The molecule has 0 radical (unpaired) electrons. The smallest absolute Gasteiger partial charge is 0.287 e. The van der Waals surface area contributed by atoms with Gasteiger partial charge in [-0.1, -0.05) is 54.1 Å². The Morgan fingerprint density at radius 2 is 1.79 bits per heavy atom. The maximum absolute atomic E-state index is 13.1. The summed E-state index contributed by atoms with van der Waals surface area (Å²) in [4.78, 5) is 27.1. The molecule has 3 aromatic rings. The summed E-state index contributed by atoms with van der Waals surface area (Å²) in [5.74, 6) is -0.442. The molecule has 5 nitrogen and oxygen atoms in total. The van der Waals surface area contributed by atoms with E-state index in [0.717, 1.165) is 11.1 Å². The fraction of sp³-hybridized carbons (Fsp3) is 0.182. The number of furan rings is 1. The number of amides is 2. The Balaban J connectivity index is 1.76. The Morgan fingerprint density at radius 1 is 1.04 bits per heavy atom. The molecule has 6 heteroatoms. The highest BCUT2D eigenvalue weighted by Gasteiger charge is 2.25. The second kappa shape index (κ2) is 9.24. The van der Waals surface area contributed by atoms with Crippen LogP contribution in [0.4, 0.5) is 0 Å². The quantitative estimate of drug-likeness (QED) is 0.658. The van der Waals surface area contributed by atoms with Crippen LogP contribution in [0.1, 0.15) is 21.7 Å². The predicted octanol–water partition coefficient (Wildman–Crippen LogP) is 3.93. The molecule has 0 aliphatic heterocycles. The first-order chi connectivity index (χ1) is 13.5. The number of rotatable bonds is 7. The van der Waals surface area contributed by atoms with Gasteiger partial charge in [0.15, 0.2) is 5.76 Å². The van der Waals surface area contributed by atoms with Crippen LogP contribution in [0.3, 0.4) is 0 Å². The van der Waals surface area contributed by atoms with Crippen LogP contribution < -0.4 is 5.32 Å². The van der Waals surface area contributed by atoms with Gasteiger partial charge in [-0.25, -0.2) is 0 Å². The van der Waals surface area contributed by atoms with E-state index in [2.05, 4.69) is 5.32 Å². The van der Waals surface area contributed by atoms with E-state index in [4.69, 9.17) is 16.0 Å². The van der Waals surface area contributed by atoms with Gasteiger partial charge >= 0.3 is 0 Å². The molecule has 1 unspecified atom stereocenters. The third-order valence-electron chi connectivity index (χ3n) is 4.32. The number of nitrogens with one attached hydrogen (secondary N) is 1.